The number of nitrogens with two attached hydrogens (primary N) is 1. The molecular weight excluding hydrogens is 500 g/mol. The van der Waals surface area contributed by atoms with Gasteiger partial charge in [-0.3, -0.25) is 14.4 Å². The Morgan fingerprint density at radius 3 is 2.41 bits per heavy atom. The average Bonchev–Trinajstić information content (AvgIpc) is 3.56. The van der Waals surface area contributed by atoms with Crippen LogP contribution in [0.25, 0.3) is 0 Å². The van der Waals surface area contributed by atoms with Crippen molar-refractivity contribution < 1.29 is 24.6 Å². The molecule has 1 aliphatic heterocycles. The summed E-state index contributed by atoms with van der Waals surface area (Å²) in [6.07, 6.45) is 10.3. The van der Waals surface area contributed by atoms with Crippen molar-refractivity contribution in [1.29, 1.82) is 0 Å². The van der Waals surface area contributed by atoms with Crippen LogP contribution in [0, 0.1) is 11.8 Å². The maximum Gasteiger partial charge on any atom is 0.248 e. The fourth-order valence-electron chi connectivity index (χ4n) is 6.99. The van der Waals surface area contributed by atoms with Crippen LogP contribution >= 0.6 is 0 Å². The summed E-state index contributed by atoms with van der Waals surface area (Å²) in [5, 5.41) is 32.6. The van der Waals surface area contributed by atoms with Gasteiger partial charge in [0.05, 0.1) is 23.5 Å². The molecule has 2 saturated carbocycles. The van der Waals surface area contributed by atoms with E-state index >= 15 is 0 Å². The first-order chi connectivity index (χ1) is 18.4. The Morgan fingerprint density at radius 1 is 1.15 bits per heavy atom. The molecule has 11 heteroatoms. The molecular formula is C28H46N6O5. The molecule has 5 N–H and O–H groups in total. The zero-order chi connectivity index (χ0) is 28.4. The van der Waals surface area contributed by atoms with E-state index in [1.807, 2.05) is 6.92 Å². The molecule has 2 heterocycles. The van der Waals surface area contributed by atoms with Crippen LogP contribution in [-0.4, -0.2) is 72.1 Å². The lowest BCUT2D eigenvalue weighted by Crippen LogP contribution is -2.64. The predicted octanol–water partition coefficient (Wildman–Crippen LogP) is 1.92. The summed E-state index contributed by atoms with van der Waals surface area (Å²) in [6, 6.07) is -1.17. The number of amides is 3. The number of likely N-dealkylation sites (tertiary alicyclic amines) is 1. The summed E-state index contributed by atoms with van der Waals surface area (Å²) < 4.78 is 1.62. The molecule has 1 saturated heterocycles. The monoisotopic (exact) mass is 546 g/mol. The van der Waals surface area contributed by atoms with E-state index < -0.39 is 35.1 Å². The number of carbonyl (C=O) groups is 3. The molecule has 0 aromatic carbocycles. The topological polar surface area (TPSA) is 164 Å². The highest BCUT2D eigenvalue weighted by Gasteiger charge is 2.48. The number of aromatic nitrogens is 3. The van der Waals surface area contributed by atoms with Gasteiger partial charge in [-0.25, -0.2) is 4.68 Å². The first kappa shape index (κ1) is 29.5. The summed E-state index contributed by atoms with van der Waals surface area (Å²) in [5.74, 6) is -1.08. The fourth-order valence-corrected chi connectivity index (χ4v) is 6.99. The van der Waals surface area contributed by atoms with E-state index in [0.29, 0.717) is 24.5 Å². The maximum atomic E-state index is 13.9. The maximum absolute atomic E-state index is 13.9. The van der Waals surface area contributed by atoms with Crippen LogP contribution in [0.5, 0.6) is 0 Å². The van der Waals surface area contributed by atoms with Gasteiger partial charge in [-0.05, 0) is 39.0 Å². The quantitative estimate of drug-likeness (QED) is 0.367. The van der Waals surface area contributed by atoms with Crippen molar-refractivity contribution in [2.75, 3.05) is 6.54 Å². The highest BCUT2D eigenvalue weighted by Crippen LogP contribution is 2.36. The van der Waals surface area contributed by atoms with E-state index in [9.17, 15) is 24.6 Å². The number of carbonyl (C=O) groups excluding carboxylic acids is 3. The minimum absolute atomic E-state index is 0.0821. The van der Waals surface area contributed by atoms with Crippen LogP contribution in [0.15, 0.2) is 6.20 Å². The third-order valence-electron chi connectivity index (χ3n) is 9.16. The van der Waals surface area contributed by atoms with Crippen molar-refractivity contribution in [3.8, 4) is 0 Å². The summed E-state index contributed by atoms with van der Waals surface area (Å²) in [5.41, 5.74) is 3.64. The molecule has 2 aliphatic carbocycles. The van der Waals surface area contributed by atoms with Crippen LogP contribution in [-0.2, 0) is 20.0 Å². The van der Waals surface area contributed by atoms with Crippen molar-refractivity contribution >= 4 is 17.7 Å². The number of nitrogens with one attached hydrogen (secondary N) is 1. The van der Waals surface area contributed by atoms with E-state index in [1.54, 1.807) is 23.4 Å². The normalized spacial score (nSPS) is 25.7. The molecule has 0 spiro atoms. The highest BCUT2D eigenvalue weighted by atomic mass is 16.3. The minimum atomic E-state index is -1.51. The summed E-state index contributed by atoms with van der Waals surface area (Å²) in [6.45, 7) is 5.49. The Bertz CT molecular complexity index is 1020. The molecule has 4 atom stereocenters. The van der Waals surface area contributed by atoms with Gasteiger partial charge >= 0.3 is 0 Å². The van der Waals surface area contributed by atoms with Gasteiger partial charge in [0.25, 0.3) is 0 Å². The van der Waals surface area contributed by atoms with E-state index in [0.717, 1.165) is 38.5 Å². The first-order valence-corrected chi connectivity index (χ1v) is 14.7. The van der Waals surface area contributed by atoms with Crippen molar-refractivity contribution in [2.24, 2.45) is 17.6 Å². The molecule has 0 bridgehead atoms. The van der Waals surface area contributed by atoms with Gasteiger partial charge in [-0.15, -0.1) is 5.10 Å². The second kappa shape index (κ2) is 11.9. The van der Waals surface area contributed by atoms with Gasteiger partial charge < -0.3 is 26.2 Å². The fraction of sp³-hybridized carbons (Fsp3) is 0.821. The SMILES string of the molecule is C[C@H](CC1CCCCC1)C(=O)N1C[C@@H](n2nncc2C(C)(C)O)C[C@H]1C(=O)NC1(C(O)C(N)=O)CCCCC1. The second-order valence-electron chi connectivity index (χ2n) is 12.7. The number of hydrogen-bond donors (Lipinski definition) is 4. The van der Waals surface area contributed by atoms with Crippen LogP contribution in [0.2, 0.25) is 0 Å². The Balaban J connectivity index is 1.59. The van der Waals surface area contributed by atoms with E-state index in [-0.39, 0.29) is 30.8 Å². The van der Waals surface area contributed by atoms with Gasteiger partial charge in [0.15, 0.2) is 6.10 Å². The number of nitrogens with zero attached hydrogens (tertiary/aromatic N) is 4. The van der Waals surface area contributed by atoms with E-state index in [2.05, 4.69) is 15.6 Å². The number of aliphatic hydroxyl groups excluding tert-OH is 1. The number of aliphatic hydroxyl groups is 2. The Morgan fingerprint density at radius 2 is 1.79 bits per heavy atom. The number of primary amides is 1. The zero-order valence-corrected chi connectivity index (χ0v) is 23.6. The zero-order valence-electron chi connectivity index (χ0n) is 23.6. The second-order valence-corrected chi connectivity index (χ2v) is 12.7. The average molecular weight is 547 g/mol. The lowest BCUT2D eigenvalue weighted by molar-refractivity contribution is -0.144. The van der Waals surface area contributed by atoms with Crippen LogP contribution < -0.4 is 11.1 Å². The lowest BCUT2D eigenvalue weighted by Gasteiger charge is -2.41. The Kier molecular flexibility index (Phi) is 9.00. The van der Waals surface area contributed by atoms with Crippen molar-refractivity contribution in [1.82, 2.24) is 25.2 Å². The molecule has 218 valence electrons. The molecule has 1 unspecified atom stereocenters. The van der Waals surface area contributed by atoms with Crippen molar-refractivity contribution in [3.05, 3.63) is 11.9 Å². The van der Waals surface area contributed by atoms with Gasteiger partial charge in [0, 0.05) is 18.9 Å². The van der Waals surface area contributed by atoms with Gasteiger partial charge in [-0.2, -0.15) is 0 Å². The highest BCUT2D eigenvalue weighted by molar-refractivity contribution is 5.90. The largest absolute Gasteiger partial charge is 0.384 e. The summed E-state index contributed by atoms with van der Waals surface area (Å²) in [4.78, 5) is 41.4. The van der Waals surface area contributed by atoms with E-state index in [4.69, 9.17) is 5.73 Å². The Hall–Kier alpha value is -2.53. The first-order valence-electron chi connectivity index (χ1n) is 14.7. The minimum Gasteiger partial charge on any atom is -0.384 e. The number of hydrogen-bond acceptors (Lipinski definition) is 7. The standard InChI is InChI=1S/C28H46N6O5/c1-18(14-19-10-6-4-7-11-19)26(38)33-17-20(34-22(16-30-32-34)27(2,3)39)15-21(33)25(37)31-28(23(35)24(29)36)12-8-5-9-13-28/h16,18-21,23,35,39H,4-15,17H2,1-3H3,(H2,29,36)(H,31,37)/t18-,20+,21+,23?/m1/s1. The molecule has 0 radical (unpaired) electrons. The van der Waals surface area contributed by atoms with Gasteiger partial charge in [-0.1, -0.05) is 63.5 Å². The molecule has 39 heavy (non-hydrogen) atoms. The third kappa shape index (κ3) is 6.45. The van der Waals surface area contributed by atoms with Crippen molar-refractivity contribution in [3.63, 3.8) is 0 Å². The molecule has 1 aromatic heterocycles. The van der Waals surface area contributed by atoms with Gasteiger partial charge in [0.2, 0.25) is 17.7 Å². The molecule has 1 aromatic rings. The number of rotatable bonds is 9. The van der Waals surface area contributed by atoms with Gasteiger partial charge in [0.1, 0.15) is 11.6 Å². The molecule has 3 aliphatic rings. The summed E-state index contributed by atoms with van der Waals surface area (Å²) >= 11 is 0. The third-order valence-corrected chi connectivity index (χ3v) is 9.16. The molecule has 3 fully saturated rings. The van der Waals surface area contributed by atoms with Crippen molar-refractivity contribution in [2.45, 2.75) is 127 Å². The molecule has 3 amide bonds. The van der Waals surface area contributed by atoms with Crippen LogP contribution in [0.4, 0.5) is 0 Å². The molecule has 11 nitrogen and oxygen atoms in total. The van der Waals surface area contributed by atoms with Crippen LogP contribution in [0.3, 0.4) is 0 Å². The summed E-state index contributed by atoms with van der Waals surface area (Å²) in [7, 11) is 0. The van der Waals surface area contributed by atoms with E-state index in [1.165, 1.54) is 25.5 Å². The van der Waals surface area contributed by atoms with Crippen LogP contribution in [0.1, 0.15) is 110 Å². The smallest absolute Gasteiger partial charge is 0.248 e. The molecule has 4 rings (SSSR count). The predicted molar refractivity (Wildman–Crippen MR) is 144 cm³/mol. The lowest BCUT2D eigenvalue weighted by atomic mass is 9.77. The Labute approximate surface area is 230 Å².